The van der Waals surface area contributed by atoms with Gasteiger partial charge in [0.15, 0.2) is 5.82 Å². The minimum absolute atomic E-state index is 0.0330. The molecule has 6 heteroatoms. The summed E-state index contributed by atoms with van der Waals surface area (Å²) < 4.78 is 0. The monoisotopic (exact) mass is 290 g/mol. The third-order valence-corrected chi connectivity index (χ3v) is 3.55. The summed E-state index contributed by atoms with van der Waals surface area (Å²) in [7, 11) is 0. The van der Waals surface area contributed by atoms with Gasteiger partial charge in [-0.25, -0.2) is 4.98 Å². The van der Waals surface area contributed by atoms with E-state index in [1.807, 2.05) is 12.3 Å². The first kappa shape index (κ1) is 14.6. The molecular weight excluding hydrogens is 272 g/mol. The summed E-state index contributed by atoms with van der Waals surface area (Å²) in [6, 6.07) is 5.36. The number of nitrogens with one attached hydrogen (secondary N) is 2. The number of aromatic amines is 1. The van der Waals surface area contributed by atoms with Gasteiger partial charge in [-0.1, -0.05) is 20.8 Å². The molecule has 0 atom stereocenters. The summed E-state index contributed by atoms with van der Waals surface area (Å²) in [5.74, 6) is 0.324. The molecular formula is C14H18N4OS. The van der Waals surface area contributed by atoms with E-state index >= 15 is 0 Å². The topological polar surface area (TPSA) is 70.7 Å². The Morgan fingerprint density at radius 3 is 2.75 bits per heavy atom. The van der Waals surface area contributed by atoms with Crippen molar-refractivity contribution in [2.45, 2.75) is 31.2 Å². The quantitative estimate of drug-likeness (QED) is 0.852. The first-order chi connectivity index (χ1) is 9.41. The van der Waals surface area contributed by atoms with Crippen LogP contribution in [0.1, 0.15) is 36.8 Å². The number of nitrogens with zero attached hydrogens (tertiary/aromatic N) is 2. The number of anilines is 1. The van der Waals surface area contributed by atoms with Crippen LogP contribution >= 0.6 is 11.8 Å². The van der Waals surface area contributed by atoms with Gasteiger partial charge in [0.05, 0.1) is 5.56 Å². The molecule has 0 spiro atoms. The number of thioether (sulfide) groups is 1. The van der Waals surface area contributed by atoms with Crippen LogP contribution < -0.4 is 5.32 Å². The third kappa shape index (κ3) is 3.19. The second-order valence-corrected chi connectivity index (χ2v) is 6.23. The van der Waals surface area contributed by atoms with E-state index in [1.165, 1.54) is 11.8 Å². The Hall–Kier alpha value is -1.82. The predicted molar refractivity (Wildman–Crippen MR) is 81.3 cm³/mol. The van der Waals surface area contributed by atoms with Gasteiger partial charge in [0.1, 0.15) is 5.03 Å². The van der Waals surface area contributed by atoms with Crippen LogP contribution in [0.25, 0.3) is 0 Å². The molecule has 2 heterocycles. The van der Waals surface area contributed by atoms with Crippen molar-refractivity contribution in [2.24, 2.45) is 0 Å². The van der Waals surface area contributed by atoms with E-state index in [0.717, 1.165) is 5.69 Å². The normalized spacial score (nSPS) is 11.4. The Morgan fingerprint density at radius 1 is 1.40 bits per heavy atom. The summed E-state index contributed by atoms with van der Waals surface area (Å²) in [5, 5.41) is 10.6. The molecule has 0 aliphatic carbocycles. The minimum Gasteiger partial charge on any atom is -0.305 e. The van der Waals surface area contributed by atoms with Gasteiger partial charge >= 0.3 is 0 Å². The van der Waals surface area contributed by atoms with E-state index in [9.17, 15) is 4.79 Å². The first-order valence-corrected chi connectivity index (χ1v) is 7.50. The van der Waals surface area contributed by atoms with E-state index < -0.39 is 0 Å². The lowest BCUT2D eigenvalue weighted by Gasteiger charge is -2.14. The average molecular weight is 290 g/mol. The van der Waals surface area contributed by atoms with Crippen molar-refractivity contribution in [3.8, 4) is 0 Å². The molecule has 2 N–H and O–H groups in total. The number of carbonyl (C=O) groups excluding carboxylic acids is 1. The van der Waals surface area contributed by atoms with Crippen molar-refractivity contribution in [1.82, 2.24) is 15.2 Å². The maximum Gasteiger partial charge on any atom is 0.259 e. The summed E-state index contributed by atoms with van der Waals surface area (Å²) in [6.45, 7) is 6.25. The Balaban J connectivity index is 2.18. The van der Waals surface area contributed by atoms with Crippen LogP contribution in [-0.4, -0.2) is 27.3 Å². The molecule has 0 bridgehead atoms. The summed E-state index contributed by atoms with van der Waals surface area (Å²) in [5.41, 5.74) is 1.50. The smallest absolute Gasteiger partial charge is 0.259 e. The fraction of sp³-hybridized carbons (Fsp3) is 0.357. The molecule has 2 aromatic heterocycles. The van der Waals surface area contributed by atoms with E-state index in [4.69, 9.17) is 0 Å². The molecule has 20 heavy (non-hydrogen) atoms. The number of carbonyl (C=O) groups is 1. The number of rotatable bonds is 3. The van der Waals surface area contributed by atoms with E-state index in [2.05, 4.69) is 41.3 Å². The second kappa shape index (κ2) is 5.66. The fourth-order valence-electron chi connectivity index (χ4n) is 1.68. The Bertz CT molecular complexity index is 616. The molecule has 0 radical (unpaired) electrons. The zero-order valence-corrected chi connectivity index (χ0v) is 12.8. The Labute approximate surface area is 122 Å². The number of hydrogen-bond donors (Lipinski definition) is 2. The average Bonchev–Trinajstić information content (AvgIpc) is 2.87. The lowest BCUT2D eigenvalue weighted by molar-refractivity contribution is 0.102. The maximum atomic E-state index is 12.2. The molecule has 2 aromatic rings. The van der Waals surface area contributed by atoms with Crippen molar-refractivity contribution < 1.29 is 4.79 Å². The molecule has 2 rings (SSSR count). The molecule has 0 fully saturated rings. The van der Waals surface area contributed by atoms with Gasteiger partial charge in [-0.2, -0.15) is 5.10 Å². The number of amides is 1. The zero-order chi connectivity index (χ0) is 14.8. The van der Waals surface area contributed by atoms with Crippen LogP contribution in [0.2, 0.25) is 0 Å². The highest BCUT2D eigenvalue weighted by Crippen LogP contribution is 2.23. The van der Waals surface area contributed by atoms with Gasteiger partial charge in [0, 0.05) is 23.4 Å². The van der Waals surface area contributed by atoms with E-state index in [1.54, 1.807) is 18.3 Å². The van der Waals surface area contributed by atoms with Crippen LogP contribution in [0.3, 0.4) is 0 Å². The van der Waals surface area contributed by atoms with Crippen LogP contribution in [0.5, 0.6) is 0 Å². The lowest BCUT2D eigenvalue weighted by atomic mass is 9.92. The summed E-state index contributed by atoms with van der Waals surface area (Å²) in [4.78, 5) is 16.4. The van der Waals surface area contributed by atoms with Crippen molar-refractivity contribution in [3.63, 3.8) is 0 Å². The Kier molecular flexibility index (Phi) is 4.13. The number of aromatic nitrogens is 3. The molecule has 1 amide bonds. The molecule has 0 unspecified atom stereocenters. The molecule has 0 aromatic carbocycles. The number of pyridine rings is 1. The summed E-state index contributed by atoms with van der Waals surface area (Å²) >= 11 is 1.44. The molecule has 0 aliphatic heterocycles. The second-order valence-electron chi connectivity index (χ2n) is 5.43. The third-order valence-electron chi connectivity index (χ3n) is 2.84. The SMILES string of the molecule is CSc1ncccc1C(=O)Nc1cc(C(C)(C)C)[nH]n1. The van der Waals surface area contributed by atoms with Gasteiger partial charge in [0.2, 0.25) is 0 Å². The zero-order valence-electron chi connectivity index (χ0n) is 12.0. The molecule has 0 saturated carbocycles. The van der Waals surface area contributed by atoms with E-state index in [-0.39, 0.29) is 11.3 Å². The van der Waals surface area contributed by atoms with Crippen molar-refractivity contribution in [1.29, 1.82) is 0 Å². The van der Waals surface area contributed by atoms with Crippen LogP contribution in [0.15, 0.2) is 29.4 Å². The molecule has 5 nitrogen and oxygen atoms in total. The van der Waals surface area contributed by atoms with Crippen LogP contribution in [0, 0.1) is 0 Å². The van der Waals surface area contributed by atoms with Crippen molar-refractivity contribution in [2.75, 3.05) is 11.6 Å². The first-order valence-electron chi connectivity index (χ1n) is 6.28. The highest BCUT2D eigenvalue weighted by molar-refractivity contribution is 7.98. The predicted octanol–water partition coefficient (Wildman–Crippen LogP) is 3.08. The highest BCUT2D eigenvalue weighted by atomic mass is 32.2. The standard InChI is InChI=1S/C14H18N4OS/c1-14(2,3)10-8-11(18-17-10)16-12(19)9-6-5-7-15-13(9)20-4/h5-8H,1-4H3,(H2,16,17,18,19). The number of hydrogen-bond acceptors (Lipinski definition) is 4. The van der Waals surface area contributed by atoms with Crippen LogP contribution in [0.4, 0.5) is 5.82 Å². The number of H-pyrrole nitrogens is 1. The van der Waals surface area contributed by atoms with Gasteiger partial charge in [0.25, 0.3) is 5.91 Å². The lowest BCUT2D eigenvalue weighted by Crippen LogP contribution is -2.14. The molecule has 0 aliphatic rings. The highest BCUT2D eigenvalue weighted by Gasteiger charge is 2.18. The Morgan fingerprint density at radius 2 is 2.15 bits per heavy atom. The fourth-order valence-corrected chi connectivity index (χ4v) is 2.23. The van der Waals surface area contributed by atoms with E-state index in [0.29, 0.717) is 16.4 Å². The van der Waals surface area contributed by atoms with Gasteiger partial charge in [-0.15, -0.1) is 11.8 Å². The van der Waals surface area contributed by atoms with Gasteiger partial charge in [-0.3, -0.25) is 9.89 Å². The molecule has 0 saturated heterocycles. The largest absolute Gasteiger partial charge is 0.305 e. The minimum atomic E-state index is -0.200. The van der Waals surface area contributed by atoms with Crippen molar-refractivity contribution in [3.05, 3.63) is 35.7 Å². The summed E-state index contributed by atoms with van der Waals surface area (Å²) in [6.07, 6.45) is 3.57. The molecule has 106 valence electrons. The van der Waals surface area contributed by atoms with Gasteiger partial charge in [-0.05, 0) is 18.4 Å². The van der Waals surface area contributed by atoms with Crippen molar-refractivity contribution >= 4 is 23.5 Å². The van der Waals surface area contributed by atoms with Crippen LogP contribution in [-0.2, 0) is 5.41 Å². The maximum absolute atomic E-state index is 12.2. The van der Waals surface area contributed by atoms with Gasteiger partial charge < -0.3 is 5.32 Å².